The van der Waals surface area contributed by atoms with Crippen molar-refractivity contribution in [3.8, 4) is 10.4 Å². The van der Waals surface area contributed by atoms with Crippen LogP contribution in [0.5, 0.6) is 0 Å². The van der Waals surface area contributed by atoms with Gasteiger partial charge in [0.25, 0.3) is 0 Å². The van der Waals surface area contributed by atoms with E-state index in [-0.39, 0.29) is 22.4 Å². The van der Waals surface area contributed by atoms with Crippen molar-refractivity contribution in [2.24, 2.45) is 5.92 Å². The molecule has 0 fully saturated rings. The van der Waals surface area contributed by atoms with Crippen LogP contribution < -0.4 is 0 Å². The summed E-state index contributed by atoms with van der Waals surface area (Å²) in [7, 11) is 0. The van der Waals surface area contributed by atoms with E-state index in [0.29, 0.717) is 0 Å². The predicted molar refractivity (Wildman–Crippen MR) is 79.5 cm³/mol. The number of halogens is 1. The first-order valence-corrected chi connectivity index (χ1v) is 7.01. The van der Waals surface area contributed by atoms with Crippen LogP contribution in [-0.4, -0.2) is 4.92 Å². The molecule has 1 aromatic carbocycles. The minimum atomic E-state index is -0.345. The predicted octanol–water partition coefficient (Wildman–Crippen LogP) is 4.83. The second kappa shape index (κ2) is 5.96. The van der Waals surface area contributed by atoms with Crippen molar-refractivity contribution in [3.05, 3.63) is 62.9 Å². The lowest BCUT2D eigenvalue weighted by atomic mass is 10.1. The van der Waals surface area contributed by atoms with Gasteiger partial charge in [-0.05, 0) is 29.8 Å². The first-order valence-electron chi connectivity index (χ1n) is 6.19. The molecule has 3 nitrogen and oxygen atoms in total. The Balaban J connectivity index is 2.31. The molecule has 1 aromatic heterocycles. The van der Waals surface area contributed by atoms with Crippen molar-refractivity contribution in [3.63, 3.8) is 0 Å². The Morgan fingerprint density at radius 3 is 2.45 bits per heavy atom. The third kappa shape index (κ3) is 3.30. The van der Waals surface area contributed by atoms with E-state index in [1.165, 1.54) is 23.5 Å². The summed E-state index contributed by atoms with van der Waals surface area (Å²) < 4.78 is 12.9. The average molecular weight is 291 g/mol. The maximum absolute atomic E-state index is 12.9. The van der Waals surface area contributed by atoms with Gasteiger partial charge in [0.15, 0.2) is 0 Å². The van der Waals surface area contributed by atoms with Crippen molar-refractivity contribution >= 4 is 17.4 Å². The van der Waals surface area contributed by atoms with E-state index in [1.54, 1.807) is 32.1 Å². The number of hydrogen-bond donors (Lipinski definition) is 0. The Bertz CT molecular complexity index is 644. The van der Waals surface area contributed by atoms with E-state index < -0.39 is 0 Å². The number of rotatable bonds is 4. The van der Waals surface area contributed by atoms with Crippen LogP contribution in [0.4, 0.5) is 4.39 Å². The smallest absolute Gasteiger partial charge is 0.250 e. The van der Waals surface area contributed by atoms with E-state index in [2.05, 4.69) is 0 Å². The third-order valence-corrected chi connectivity index (χ3v) is 3.93. The van der Waals surface area contributed by atoms with Crippen LogP contribution in [0.1, 0.15) is 18.7 Å². The number of nitro groups is 1. The van der Waals surface area contributed by atoms with Crippen LogP contribution >= 0.6 is 11.3 Å². The maximum atomic E-state index is 12.9. The summed E-state index contributed by atoms with van der Waals surface area (Å²) in [5.74, 6) is -0.415. The van der Waals surface area contributed by atoms with Crippen molar-refractivity contribution in [1.29, 1.82) is 0 Å². The fraction of sp³-hybridized carbons (Fsp3) is 0.200. The molecule has 0 aliphatic carbocycles. The van der Waals surface area contributed by atoms with Gasteiger partial charge in [-0.25, -0.2) is 4.39 Å². The average Bonchev–Trinajstić information content (AvgIpc) is 2.84. The van der Waals surface area contributed by atoms with Gasteiger partial charge in [0.1, 0.15) is 5.82 Å². The van der Waals surface area contributed by atoms with Crippen molar-refractivity contribution in [1.82, 2.24) is 0 Å². The molecule has 0 amide bonds. The molecule has 0 atom stereocenters. The molecule has 0 aliphatic rings. The Hall–Kier alpha value is -2.01. The Morgan fingerprint density at radius 2 is 1.90 bits per heavy atom. The van der Waals surface area contributed by atoms with Crippen molar-refractivity contribution in [2.75, 3.05) is 0 Å². The number of allylic oxidation sites excluding steroid dienone is 1. The Kier molecular flexibility index (Phi) is 4.29. The van der Waals surface area contributed by atoms with Gasteiger partial charge in [0.05, 0.1) is 4.92 Å². The molecule has 0 saturated carbocycles. The number of benzene rings is 1. The zero-order valence-corrected chi connectivity index (χ0v) is 12.0. The standard InChI is InChI=1S/C15H14FNO2S/c1-10(2)14(17(18)19)9-13-7-8-15(20-13)11-3-5-12(16)6-4-11/h3-10H,1-2H3/b14-9-. The van der Waals surface area contributed by atoms with Crippen LogP contribution in [0.15, 0.2) is 42.1 Å². The van der Waals surface area contributed by atoms with E-state index >= 15 is 0 Å². The molecule has 0 bridgehead atoms. The highest BCUT2D eigenvalue weighted by atomic mass is 32.1. The quantitative estimate of drug-likeness (QED) is 0.598. The SMILES string of the molecule is CC(C)/C(=C/c1ccc(-c2ccc(F)cc2)s1)[N+](=O)[O-]. The highest BCUT2D eigenvalue weighted by Crippen LogP contribution is 2.30. The van der Waals surface area contributed by atoms with Gasteiger partial charge in [0.2, 0.25) is 5.70 Å². The molecule has 2 aromatic rings. The van der Waals surface area contributed by atoms with Crippen LogP contribution in [-0.2, 0) is 0 Å². The normalized spacial score (nSPS) is 11.9. The van der Waals surface area contributed by atoms with Gasteiger partial charge in [-0.15, -0.1) is 11.3 Å². The molecule has 0 saturated heterocycles. The third-order valence-electron chi connectivity index (χ3n) is 2.85. The first kappa shape index (κ1) is 14.4. The molecule has 0 spiro atoms. The van der Waals surface area contributed by atoms with E-state index in [0.717, 1.165) is 15.3 Å². The maximum Gasteiger partial charge on any atom is 0.250 e. The summed E-state index contributed by atoms with van der Waals surface area (Å²) in [5.41, 5.74) is 1.10. The van der Waals surface area contributed by atoms with Crippen molar-refractivity contribution < 1.29 is 9.31 Å². The second-order valence-electron chi connectivity index (χ2n) is 4.69. The summed E-state index contributed by atoms with van der Waals surface area (Å²) >= 11 is 1.45. The summed E-state index contributed by atoms with van der Waals surface area (Å²) in [6.07, 6.45) is 1.60. The van der Waals surface area contributed by atoms with Crippen molar-refractivity contribution in [2.45, 2.75) is 13.8 Å². The minimum Gasteiger partial charge on any atom is -0.259 e. The summed E-state index contributed by atoms with van der Waals surface area (Å²) in [4.78, 5) is 12.4. The Morgan fingerprint density at radius 1 is 1.25 bits per heavy atom. The van der Waals surface area contributed by atoms with Gasteiger partial charge < -0.3 is 0 Å². The molecule has 0 radical (unpaired) electrons. The summed E-state index contributed by atoms with van der Waals surface area (Å²) in [5, 5.41) is 11.0. The topological polar surface area (TPSA) is 43.1 Å². The van der Waals surface area contributed by atoms with Crippen LogP contribution in [0.2, 0.25) is 0 Å². The van der Waals surface area contributed by atoms with Gasteiger partial charge >= 0.3 is 0 Å². The van der Waals surface area contributed by atoms with Crippen LogP contribution in [0, 0.1) is 21.8 Å². The fourth-order valence-electron chi connectivity index (χ4n) is 1.78. The lowest BCUT2D eigenvalue weighted by Gasteiger charge is -2.00. The number of nitrogens with zero attached hydrogens (tertiary/aromatic N) is 1. The molecular formula is C15H14FNO2S. The van der Waals surface area contributed by atoms with E-state index in [9.17, 15) is 14.5 Å². The zero-order valence-electron chi connectivity index (χ0n) is 11.2. The summed E-state index contributed by atoms with van der Waals surface area (Å²) in [6, 6.07) is 9.94. The zero-order chi connectivity index (χ0) is 14.7. The number of hydrogen-bond acceptors (Lipinski definition) is 3. The molecular weight excluding hydrogens is 277 g/mol. The fourth-order valence-corrected chi connectivity index (χ4v) is 2.74. The lowest BCUT2D eigenvalue weighted by molar-refractivity contribution is -0.431. The largest absolute Gasteiger partial charge is 0.259 e. The first-order chi connectivity index (χ1) is 9.47. The molecule has 0 aliphatic heterocycles. The van der Waals surface area contributed by atoms with Gasteiger partial charge in [-0.3, -0.25) is 10.1 Å². The summed E-state index contributed by atoms with van der Waals surface area (Å²) in [6.45, 7) is 3.59. The molecule has 2 rings (SSSR count). The molecule has 20 heavy (non-hydrogen) atoms. The lowest BCUT2D eigenvalue weighted by Crippen LogP contribution is -2.04. The van der Waals surface area contributed by atoms with Gasteiger partial charge in [-0.1, -0.05) is 26.0 Å². The van der Waals surface area contributed by atoms with Gasteiger partial charge in [-0.2, -0.15) is 0 Å². The van der Waals surface area contributed by atoms with Crippen LogP contribution in [0.3, 0.4) is 0 Å². The highest BCUT2D eigenvalue weighted by molar-refractivity contribution is 7.16. The molecule has 1 heterocycles. The highest BCUT2D eigenvalue weighted by Gasteiger charge is 2.16. The second-order valence-corrected chi connectivity index (χ2v) is 5.81. The van der Waals surface area contributed by atoms with E-state index in [4.69, 9.17) is 0 Å². The molecule has 104 valence electrons. The molecule has 5 heteroatoms. The monoisotopic (exact) mass is 291 g/mol. The van der Waals surface area contributed by atoms with Crippen LogP contribution in [0.25, 0.3) is 16.5 Å². The number of thiophene rings is 1. The molecule has 0 N–H and O–H groups in total. The van der Waals surface area contributed by atoms with Gasteiger partial charge in [0, 0.05) is 21.7 Å². The van der Waals surface area contributed by atoms with E-state index in [1.807, 2.05) is 12.1 Å². The minimum absolute atomic E-state index is 0.138. The Labute approximate surface area is 120 Å². The molecule has 0 unspecified atom stereocenters.